The zero-order chi connectivity index (χ0) is 16.9. The number of rotatable bonds is 6. The average Bonchev–Trinajstić information content (AvgIpc) is 3.13. The molecule has 0 spiro atoms. The van der Waals surface area contributed by atoms with E-state index >= 15 is 0 Å². The van der Waals surface area contributed by atoms with Gasteiger partial charge in [0.2, 0.25) is 5.95 Å². The lowest BCUT2D eigenvalue weighted by Gasteiger charge is -2.09. The highest BCUT2D eigenvalue weighted by atomic mass is 16.5. The molecular weight excluding hydrogens is 310 g/mol. The fourth-order valence-corrected chi connectivity index (χ4v) is 2.17. The van der Waals surface area contributed by atoms with Crippen LogP contribution in [0.5, 0.6) is 5.75 Å². The quantitative estimate of drug-likeness (QED) is 0.718. The Bertz CT molecular complexity index is 830. The molecule has 0 unspecified atom stereocenters. The third kappa shape index (κ3) is 3.35. The Hall–Kier alpha value is -3.35. The largest absolute Gasteiger partial charge is 0.497 e. The smallest absolute Gasteiger partial charge is 0.339 e. The number of furan rings is 1. The van der Waals surface area contributed by atoms with Crippen molar-refractivity contribution < 1.29 is 19.1 Å². The van der Waals surface area contributed by atoms with Crippen molar-refractivity contribution in [1.82, 2.24) is 9.97 Å². The predicted octanol–water partition coefficient (Wildman–Crippen LogP) is 3.06. The number of aromatic carboxylic acids is 1. The Balaban J connectivity index is 1.91. The fourth-order valence-electron chi connectivity index (χ4n) is 2.17. The standard InChI is InChI=1S/C17H15N3O4/c1-23-12-6-4-11(5-7-12)15-14(16(21)22)10-19-17(20-15)18-9-13-3-2-8-24-13/h2-8,10H,9H2,1H3,(H,21,22)(H,18,19,20). The van der Waals surface area contributed by atoms with Crippen LogP contribution in [0, 0.1) is 0 Å². The molecule has 0 saturated heterocycles. The van der Waals surface area contributed by atoms with Gasteiger partial charge in [-0.25, -0.2) is 14.8 Å². The van der Waals surface area contributed by atoms with Crippen LogP contribution in [0.4, 0.5) is 5.95 Å². The fraction of sp³-hybridized carbons (Fsp3) is 0.118. The lowest BCUT2D eigenvalue weighted by atomic mass is 10.1. The van der Waals surface area contributed by atoms with E-state index in [4.69, 9.17) is 9.15 Å². The van der Waals surface area contributed by atoms with Crippen molar-refractivity contribution in [2.45, 2.75) is 6.54 Å². The first kappa shape index (κ1) is 15.5. The van der Waals surface area contributed by atoms with Crippen LogP contribution < -0.4 is 10.1 Å². The van der Waals surface area contributed by atoms with Crippen molar-refractivity contribution in [1.29, 1.82) is 0 Å². The van der Waals surface area contributed by atoms with Gasteiger partial charge in [0.05, 0.1) is 25.6 Å². The molecule has 1 aromatic carbocycles. The molecule has 3 rings (SSSR count). The van der Waals surface area contributed by atoms with E-state index in [1.165, 1.54) is 6.20 Å². The number of carboxylic acid groups (broad SMARTS) is 1. The summed E-state index contributed by atoms with van der Waals surface area (Å²) in [5, 5.41) is 12.4. The molecule has 0 bridgehead atoms. The molecule has 0 amide bonds. The molecule has 0 aliphatic carbocycles. The van der Waals surface area contributed by atoms with Gasteiger partial charge in [-0.3, -0.25) is 0 Å². The van der Waals surface area contributed by atoms with Crippen LogP contribution in [0.15, 0.2) is 53.3 Å². The summed E-state index contributed by atoms with van der Waals surface area (Å²) >= 11 is 0. The average molecular weight is 325 g/mol. The van der Waals surface area contributed by atoms with Crippen LogP contribution in [0.25, 0.3) is 11.3 Å². The van der Waals surface area contributed by atoms with Crippen LogP contribution in [-0.2, 0) is 6.54 Å². The van der Waals surface area contributed by atoms with Crippen LogP contribution in [0.3, 0.4) is 0 Å². The molecule has 2 aromatic heterocycles. The van der Waals surface area contributed by atoms with Crippen molar-refractivity contribution in [3.8, 4) is 17.0 Å². The molecule has 2 heterocycles. The van der Waals surface area contributed by atoms with E-state index < -0.39 is 5.97 Å². The Kier molecular flexibility index (Phi) is 4.42. The van der Waals surface area contributed by atoms with E-state index in [9.17, 15) is 9.90 Å². The summed E-state index contributed by atoms with van der Waals surface area (Å²) < 4.78 is 10.3. The van der Waals surface area contributed by atoms with Gasteiger partial charge in [-0.2, -0.15) is 0 Å². The number of carboxylic acids is 1. The maximum Gasteiger partial charge on any atom is 0.339 e. The molecular formula is C17H15N3O4. The number of hydrogen-bond acceptors (Lipinski definition) is 6. The third-order valence-electron chi connectivity index (χ3n) is 3.38. The van der Waals surface area contributed by atoms with Crippen LogP contribution in [-0.4, -0.2) is 28.2 Å². The number of anilines is 1. The lowest BCUT2D eigenvalue weighted by Crippen LogP contribution is -2.08. The molecule has 7 nitrogen and oxygen atoms in total. The maximum absolute atomic E-state index is 11.4. The Morgan fingerprint density at radius 2 is 2.08 bits per heavy atom. The maximum atomic E-state index is 11.4. The monoisotopic (exact) mass is 325 g/mol. The molecule has 2 N–H and O–H groups in total. The summed E-state index contributed by atoms with van der Waals surface area (Å²) in [5.74, 6) is 0.647. The van der Waals surface area contributed by atoms with Crippen LogP contribution in [0.2, 0.25) is 0 Å². The predicted molar refractivity (Wildman–Crippen MR) is 87.0 cm³/mol. The number of nitrogens with one attached hydrogen (secondary N) is 1. The van der Waals surface area contributed by atoms with Crippen molar-refractivity contribution in [2.75, 3.05) is 12.4 Å². The molecule has 0 aliphatic rings. The SMILES string of the molecule is COc1ccc(-c2nc(NCc3ccco3)ncc2C(=O)O)cc1. The molecule has 7 heteroatoms. The molecule has 0 aliphatic heterocycles. The van der Waals surface area contributed by atoms with E-state index in [-0.39, 0.29) is 5.56 Å². The van der Waals surface area contributed by atoms with Crippen molar-refractivity contribution in [3.05, 3.63) is 60.2 Å². The highest BCUT2D eigenvalue weighted by Gasteiger charge is 2.15. The first-order valence-corrected chi connectivity index (χ1v) is 7.18. The number of nitrogens with zero attached hydrogens (tertiary/aromatic N) is 2. The van der Waals surface area contributed by atoms with Crippen LogP contribution in [0.1, 0.15) is 16.1 Å². The second-order valence-electron chi connectivity index (χ2n) is 4.92. The Labute approximate surface area is 137 Å². The highest BCUT2D eigenvalue weighted by Crippen LogP contribution is 2.25. The first-order valence-electron chi connectivity index (χ1n) is 7.18. The summed E-state index contributed by atoms with van der Waals surface area (Å²) in [5.41, 5.74) is 1.03. The molecule has 24 heavy (non-hydrogen) atoms. The van der Waals surface area contributed by atoms with Gasteiger partial charge in [0.15, 0.2) is 0 Å². The van der Waals surface area contributed by atoms with Gasteiger partial charge >= 0.3 is 5.97 Å². The van der Waals surface area contributed by atoms with E-state index in [1.807, 2.05) is 6.07 Å². The Morgan fingerprint density at radius 3 is 2.71 bits per heavy atom. The highest BCUT2D eigenvalue weighted by molar-refractivity contribution is 5.94. The lowest BCUT2D eigenvalue weighted by molar-refractivity contribution is 0.0697. The summed E-state index contributed by atoms with van der Waals surface area (Å²) in [6.45, 7) is 0.404. The van der Waals surface area contributed by atoms with Crippen molar-refractivity contribution in [2.24, 2.45) is 0 Å². The minimum atomic E-state index is -1.08. The molecule has 0 radical (unpaired) electrons. The summed E-state index contributed by atoms with van der Waals surface area (Å²) in [4.78, 5) is 19.8. The molecule has 0 fully saturated rings. The number of benzene rings is 1. The number of hydrogen-bond donors (Lipinski definition) is 2. The normalized spacial score (nSPS) is 10.4. The van der Waals surface area contributed by atoms with Gasteiger partial charge < -0.3 is 19.6 Å². The van der Waals surface area contributed by atoms with Gasteiger partial charge in [-0.1, -0.05) is 0 Å². The second kappa shape index (κ2) is 6.82. The summed E-state index contributed by atoms with van der Waals surface area (Å²) in [6, 6.07) is 10.6. The number of aromatic nitrogens is 2. The zero-order valence-corrected chi connectivity index (χ0v) is 12.9. The molecule has 3 aromatic rings. The van der Waals surface area contributed by atoms with E-state index in [2.05, 4.69) is 15.3 Å². The van der Waals surface area contributed by atoms with Gasteiger partial charge in [0, 0.05) is 11.8 Å². The summed E-state index contributed by atoms with van der Waals surface area (Å²) in [6.07, 6.45) is 2.87. The summed E-state index contributed by atoms with van der Waals surface area (Å²) in [7, 11) is 1.57. The van der Waals surface area contributed by atoms with Crippen molar-refractivity contribution in [3.63, 3.8) is 0 Å². The topological polar surface area (TPSA) is 97.5 Å². The molecule has 0 atom stereocenters. The van der Waals surface area contributed by atoms with Gasteiger partial charge in [0.25, 0.3) is 0 Å². The number of ether oxygens (including phenoxy) is 1. The first-order chi connectivity index (χ1) is 11.7. The van der Waals surface area contributed by atoms with E-state index in [0.717, 1.165) is 5.76 Å². The minimum absolute atomic E-state index is 0.0312. The van der Waals surface area contributed by atoms with E-state index in [1.54, 1.807) is 43.7 Å². The van der Waals surface area contributed by atoms with Gasteiger partial charge in [0.1, 0.15) is 17.1 Å². The zero-order valence-electron chi connectivity index (χ0n) is 12.9. The van der Waals surface area contributed by atoms with Crippen molar-refractivity contribution >= 4 is 11.9 Å². The van der Waals surface area contributed by atoms with Gasteiger partial charge in [-0.05, 0) is 36.4 Å². The second-order valence-corrected chi connectivity index (χ2v) is 4.92. The Morgan fingerprint density at radius 1 is 1.29 bits per heavy atom. The number of methoxy groups -OCH3 is 1. The minimum Gasteiger partial charge on any atom is -0.497 e. The van der Waals surface area contributed by atoms with Gasteiger partial charge in [-0.15, -0.1) is 0 Å². The molecule has 122 valence electrons. The third-order valence-corrected chi connectivity index (χ3v) is 3.38. The van der Waals surface area contributed by atoms with E-state index in [0.29, 0.717) is 29.5 Å². The number of carbonyl (C=O) groups is 1. The molecule has 0 saturated carbocycles. The van der Waals surface area contributed by atoms with Crippen LogP contribution >= 0.6 is 0 Å².